The first kappa shape index (κ1) is 28.3. The molecule has 202 valence electrons. The van der Waals surface area contributed by atoms with Gasteiger partial charge in [-0.25, -0.2) is 8.42 Å². The van der Waals surface area contributed by atoms with E-state index in [9.17, 15) is 18.0 Å². The summed E-state index contributed by atoms with van der Waals surface area (Å²) >= 11 is 0. The van der Waals surface area contributed by atoms with Crippen molar-refractivity contribution in [3.05, 3.63) is 53.6 Å². The van der Waals surface area contributed by atoms with Gasteiger partial charge in [0.1, 0.15) is 12.6 Å². The van der Waals surface area contributed by atoms with Gasteiger partial charge in [0, 0.05) is 18.7 Å². The lowest BCUT2D eigenvalue weighted by molar-refractivity contribution is -0.139. The number of methoxy groups -OCH3 is 2. The van der Waals surface area contributed by atoms with Gasteiger partial charge in [-0.15, -0.1) is 0 Å². The standard InChI is InChI=1S/C27H37N3O6S/c1-19-10-6-7-11-21(19)17-29(20(2)27(32)28-22-12-8-9-13-22)26(31)18-30(37(5,33)34)23-14-15-24(35-3)25(16-23)36-4/h6-7,10-11,14-16,20,22H,8-9,12-13,17-18H2,1-5H3,(H,28,32)/t20-/m1/s1. The first-order valence-electron chi connectivity index (χ1n) is 12.4. The molecule has 1 aliphatic carbocycles. The van der Waals surface area contributed by atoms with Crippen molar-refractivity contribution in [2.24, 2.45) is 0 Å². The van der Waals surface area contributed by atoms with Crippen LogP contribution in [0.25, 0.3) is 0 Å². The van der Waals surface area contributed by atoms with E-state index in [-0.39, 0.29) is 24.2 Å². The molecule has 10 heteroatoms. The maximum Gasteiger partial charge on any atom is 0.244 e. The van der Waals surface area contributed by atoms with Crippen molar-refractivity contribution in [3.8, 4) is 11.5 Å². The SMILES string of the molecule is COc1ccc(N(CC(=O)N(Cc2ccccc2C)[C@H](C)C(=O)NC2CCCC2)S(C)(=O)=O)cc1OC. The Bertz CT molecular complexity index is 1210. The second-order valence-electron chi connectivity index (χ2n) is 9.42. The quantitative estimate of drug-likeness (QED) is 0.477. The zero-order chi connectivity index (χ0) is 27.2. The largest absolute Gasteiger partial charge is 0.493 e. The Labute approximate surface area is 219 Å². The number of amides is 2. The maximum atomic E-state index is 13.7. The van der Waals surface area contributed by atoms with E-state index in [2.05, 4.69) is 5.32 Å². The summed E-state index contributed by atoms with van der Waals surface area (Å²) in [4.78, 5) is 28.3. The van der Waals surface area contributed by atoms with Crippen LogP contribution in [0.5, 0.6) is 11.5 Å². The third-order valence-corrected chi connectivity index (χ3v) is 7.95. The van der Waals surface area contributed by atoms with Gasteiger partial charge >= 0.3 is 0 Å². The van der Waals surface area contributed by atoms with Gasteiger partial charge in [-0.05, 0) is 49.9 Å². The zero-order valence-electron chi connectivity index (χ0n) is 22.2. The van der Waals surface area contributed by atoms with E-state index in [0.29, 0.717) is 11.5 Å². The molecule has 0 bridgehead atoms. The van der Waals surface area contributed by atoms with Crippen LogP contribution in [0.15, 0.2) is 42.5 Å². The van der Waals surface area contributed by atoms with E-state index in [1.807, 2.05) is 31.2 Å². The predicted octanol–water partition coefficient (Wildman–Crippen LogP) is 3.25. The van der Waals surface area contributed by atoms with Crippen molar-refractivity contribution in [1.29, 1.82) is 0 Å². The van der Waals surface area contributed by atoms with Crippen LogP contribution in [0.3, 0.4) is 0 Å². The molecule has 0 aliphatic heterocycles. The number of hydrogen-bond acceptors (Lipinski definition) is 6. The number of rotatable bonds is 11. The highest BCUT2D eigenvalue weighted by molar-refractivity contribution is 7.92. The highest BCUT2D eigenvalue weighted by Crippen LogP contribution is 2.32. The Morgan fingerprint density at radius 3 is 2.30 bits per heavy atom. The minimum atomic E-state index is -3.85. The normalized spacial score (nSPS) is 14.6. The fourth-order valence-electron chi connectivity index (χ4n) is 4.54. The number of carbonyl (C=O) groups excluding carboxylic acids is 2. The third kappa shape index (κ3) is 7.15. The summed E-state index contributed by atoms with van der Waals surface area (Å²) < 4.78 is 37.2. The molecule has 0 aromatic heterocycles. The van der Waals surface area contributed by atoms with Crippen LogP contribution in [0, 0.1) is 6.92 Å². The lowest BCUT2D eigenvalue weighted by atomic mass is 10.1. The second kappa shape index (κ2) is 12.3. The molecule has 0 heterocycles. The summed E-state index contributed by atoms with van der Waals surface area (Å²) in [6.45, 7) is 3.32. The molecule has 2 aromatic rings. The molecule has 0 saturated heterocycles. The number of nitrogens with zero attached hydrogens (tertiary/aromatic N) is 2. The minimum absolute atomic E-state index is 0.102. The Hall–Kier alpha value is -3.27. The first-order valence-corrected chi connectivity index (χ1v) is 14.2. The predicted molar refractivity (Wildman–Crippen MR) is 143 cm³/mol. The molecule has 9 nitrogen and oxygen atoms in total. The van der Waals surface area contributed by atoms with Crippen LogP contribution < -0.4 is 19.1 Å². The Morgan fingerprint density at radius 2 is 1.70 bits per heavy atom. The number of hydrogen-bond donors (Lipinski definition) is 1. The third-order valence-electron chi connectivity index (χ3n) is 6.81. The van der Waals surface area contributed by atoms with Crippen LogP contribution in [-0.4, -0.2) is 64.2 Å². The van der Waals surface area contributed by atoms with Crippen LogP contribution in [-0.2, 0) is 26.2 Å². The van der Waals surface area contributed by atoms with Crippen molar-refractivity contribution in [3.63, 3.8) is 0 Å². The molecule has 37 heavy (non-hydrogen) atoms. The fraction of sp³-hybridized carbons (Fsp3) is 0.481. The number of nitrogens with one attached hydrogen (secondary N) is 1. The molecule has 1 atom stereocenters. The van der Waals surface area contributed by atoms with Gasteiger partial charge in [0.05, 0.1) is 26.2 Å². The summed E-state index contributed by atoms with van der Waals surface area (Å²) in [5, 5.41) is 3.06. The summed E-state index contributed by atoms with van der Waals surface area (Å²) in [7, 11) is -0.914. The van der Waals surface area contributed by atoms with Crippen molar-refractivity contribution in [2.75, 3.05) is 31.3 Å². The molecule has 1 fully saturated rings. The maximum absolute atomic E-state index is 13.7. The number of aryl methyl sites for hydroxylation is 1. The number of carbonyl (C=O) groups is 2. The Morgan fingerprint density at radius 1 is 1.05 bits per heavy atom. The number of anilines is 1. The summed E-state index contributed by atoms with van der Waals surface area (Å²) in [5.74, 6) is 0.0370. The smallest absolute Gasteiger partial charge is 0.244 e. The molecule has 0 unspecified atom stereocenters. The zero-order valence-corrected chi connectivity index (χ0v) is 23.0. The summed E-state index contributed by atoms with van der Waals surface area (Å²) in [5.41, 5.74) is 2.12. The highest BCUT2D eigenvalue weighted by Gasteiger charge is 2.31. The highest BCUT2D eigenvalue weighted by atomic mass is 32.2. The van der Waals surface area contributed by atoms with Gasteiger partial charge < -0.3 is 19.7 Å². The van der Waals surface area contributed by atoms with Gasteiger partial charge in [0.15, 0.2) is 11.5 Å². The van der Waals surface area contributed by atoms with Crippen LogP contribution in [0.4, 0.5) is 5.69 Å². The average molecular weight is 532 g/mol. The van der Waals surface area contributed by atoms with Gasteiger partial charge in [0.25, 0.3) is 0 Å². The van der Waals surface area contributed by atoms with Gasteiger partial charge in [-0.1, -0.05) is 37.1 Å². The monoisotopic (exact) mass is 531 g/mol. The van der Waals surface area contributed by atoms with Crippen LogP contribution >= 0.6 is 0 Å². The number of benzene rings is 2. The van der Waals surface area contributed by atoms with E-state index < -0.39 is 28.5 Å². The number of sulfonamides is 1. The molecule has 1 aliphatic rings. The fourth-order valence-corrected chi connectivity index (χ4v) is 5.38. The van der Waals surface area contributed by atoms with Gasteiger partial charge in [-0.2, -0.15) is 0 Å². The molecule has 1 saturated carbocycles. The second-order valence-corrected chi connectivity index (χ2v) is 11.3. The Kier molecular flexibility index (Phi) is 9.42. The molecule has 2 aromatic carbocycles. The summed E-state index contributed by atoms with van der Waals surface area (Å²) in [6, 6.07) is 11.6. The van der Waals surface area contributed by atoms with E-state index in [0.717, 1.165) is 47.4 Å². The van der Waals surface area contributed by atoms with E-state index in [4.69, 9.17) is 9.47 Å². The minimum Gasteiger partial charge on any atom is -0.493 e. The topological polar surface area (TPSA) is 105 Å². The average Bonchev–Trinajstić information content (AvgIpc) is 3.38. The van der Waals surface area contributed by atoms with Crippen molar-refractivity contribution in [2.45, 2.75) is 58.2 Å². The van der Waals surface area contributed by atoms with Crippen molar-refractivity contribution >= 4 is 27.5 Å². The molecule has 2 amide bonds. The Balaban J connectivity index is 1.92. The number of ether oxygens (including phenoxy) is 2. The van der Waals surface area contributed by atoms with Crippen molar-refractivity contribution in [1.82, 2.24) is 10.2 Å². The molecule has 1 N–H and O–H groups in total. The molecular weight excluding hydrogens is 494 g/mol. The molecular formula is C27H37N3O6S. The van der Waals surface area contributed by atoms with Crippen LogP contribution in [0.2, 0.25) is 0 Å². The molecule has 0 spiro atoms. The van der Waals surface area contributed by atoms with Gasteiger partial charge in [0.2, 0.25) is 21.8 Å². The first-order chi connectivity index (χ1) is 17.5. The summed E-state index contributed by atoms with van der Waals surface area (Å²) in [6.07, 6.45) is 5.02. The molecule has 0 radical (unpaired) electrons. The van der Waals surface area contributed by atoms with E-state index >= 15 is 0 Å². The lowest BCUT2D eigenvalue weighted by Gasteiger charge is -2.32. The lowest BCUT2D eigenvalue weighted by Crippen LogP contribution is -2.52. The molecule has 3 rings (SSSR count). The van der Waals surface area contributed by atoms with E-state index in [1.165, 1.54) is 25.2 Å². The van der Waals surface area contributed by atoms with Crippen LogP contribution in [0.1, 0.15) is 43.7 Å². The van der Waals surface area contributed by atoms with E-state index in [1.54, 1.807) is 19.1 Å². The van der Waals surface area contributed by atoms with Crippen molar-refractivity contribution < 1.29 is 27.5 Å². The van der Waals surface area contributed by atoms with Gasteiger partial charge in [-0.3, -0.25) is 13.9 Å².